The monoisotopic (exact) mass is 257 g/mol. The highest BCUT2D eigenvalue weighted by atomic mass is 32.1. The number of hydrogen-bond acceptors (Lipinski definition) is 3. The first-order chi connectivity index (χ1) is 7.70. The highest BCUT2D eigenvalue weighted by molar-refractivity contribution is 7.80. The van der Waals surface area contributed by atoms with Gasteiger partial charge in [0.25, 0.3) is 0 Å². The summed E-state index contributed by atoms with van der Waals surface area (Å²) < 4.78 is 25.7. The van der Waals surface area contributed by atoms with Crippen LogP contribution in [0.4, 0.5) is 8.78 Å². The third kappa shape index (κ3) is 2.41. The van der Waals surface area contributed by atoms with Crippen molar-refractivity contribution in [1.82, 2.24) is 4.98 Å². The Morgan fingerprint density at radius 2 is 2.06 bits per heavy atom. The summed E-state index contributed by atoms with van der Waals surface area (Å²) in [4.78, 5) is 4.32. The van der Waals surface area contributed by atoms with Gasteiger partial charge in [0.05, 0.1) is 5.69 Å². The van der Waals surface area contributed by atoms with Crippen LogP contribution >= 0.6 is 24.0 Å². The molecule has 2 aromatic rings. The fourth-order valence-corrected chi connectivity index (χ4v) is 2.38. The Morgan fingerprint density at radius 3 is 2.75 bits per heavy atom. The van der Waals surface area contributed by atoms with Crippen molar-refractivity contribution < 1.29 is 8.78 Å². The van der Waals surface area contributed by atoms with Crippen molar-refractivity contribution in [3.05, 3.63) is 40.9 Å². The summed E-state index contributed by atoms with van der Waals surface area (Å²) >= 11 is 5.54. The van der Waals surface area contributed by atoms with E-state index in [1.807, 2.05) is 5.38 Å². The Morgan fingerprint density at radius 1 is 1.25 bits per heavy atom. The largest absolute Gasteiger partial charge is 0.241 e. The molecule has 16 heavy (non-hydrogen) atoms. The minimum Gasteiger partial charge on any atom is -0.241 e. The molecule has 0 bridgehead atoms. The van der Waals surface area contributed by atoms with Crippen molar-refractivity contribution in [3.63, 3.8) is 0 Å². The summed E-state index contributed by atoms with van der Waals surface area (Å²) in [6.07, 6.45) is 0.781. The normalized spacial score (nSPS) is 10.7. The van der Waals surface area contributed by atoms with Crippen molar-refractivity contribution in [3.8, 4) is 10.6 Å². The van der Waals surface area contributed by atoms with Gasteiger partial charge >= 0.3 is 0 Å². The van der Waals surface area contributed by atoms with Crippen LogP contribution in [0.3, 0.4) is 0 Å². The van der Waals surface area contributed by atoms with Crippen LogP contribution in [-0.4, -0.2) is 10.7 Å². The molecule has 0 N–H and O–H groups in total. The number of benzene rings is 1. The van der Waals surface area contributed by atoms with Crippen LogP contribution in [0.15, 0.2) is 23.6 Å². The smallest absolute Gasteiger partial charge is 0.159 e. The summed E-state index contributed by atoms with van der Waals surface area (Å²) in [5, 5.41) is 2.61. The minimum absolute atomic E-state index is 0.606. The zero-order valence-corrected chi connectivity index (χ0v) is 9.99. The van der Waals surface area contributed by atoms with Crippen molar-refractivity contribution in [2.24, 2.45) is 0 Å². The molecular formula is C11H9F2NS2. The topological polar surface area (TPSA) is 12.9 Å². The molecule has 0 fully saturated rings. The van der Waals surface area contributed by atoms with E-state index < -0.39 is 11.6 Å². The lowest BCUT2D eigenvalue weighted by Gasteiger charge is -1.97. The molecule has 0 amide bonds. The average Bonchev–Trinajstić information content (AvgIpc) is 2.71. The molecule has 1 nitrogen and oxygen atoms in total. The SMILES string of the molecule is Fc1ccc(-c2nc(CCS)cs2)cc1F. The van der Waals surface area contributed by atoms with Crippen LogP contribution in [-0.2, 0) is 6.42 Å². The Hall–Kier alpha value is -0.940. The molecule has 0 spiro atoms. The van der Waals surface area contributed by atoms with E-state index in [1.54, 1.807) is 0 Å². The van der Waals surface area contributed by atoms with Gasteiger partial charge in [0.1, 0.15) is 5.01 Å². The van der Waals surface area contributed by atoms with Gasteiger partial charge in [0.15, 0.2) is 11.6 Å². The summed E-state index contributed by atoms with van der Waals surface area (Å²) in [5.41, 5.74) is 1.54. The number of thiazole rings is 1. The van der Waals surface area contributed by atoms with Crippen LogP contribution in [0.1, 0.15) is 5.69 Å². The van der Waals surface area contributed by atoms with E-state index in [0.717, 1.165) is 23.9 Å². The van der Waals surface area contributed by atoms with E-state index in [9.17, 15) is 8.78 Å². The van der Waals surface area contributed by atoms with Gasteiger partial charge in [-0.3, -0.25) is 0 Å². The lowest BCUT2D eigenvalue weighted by atomic mass is 10.2. The Balaban J connectivity index is 2.31. The van der Waals surface area contributed by atoms with Crippen LogP contribution in [0, 0.1) is 11.6 Å². The van der Waals surface area contributed by atoms with Gasteiger partial charge in [0.2, 0.25) is 0 Å². The molecule has 0 unspecified atom stereocenters. The Labute approximate surface area is 102 Å². The van der Waals surface area contributed by atoms with Gasteiger partial charge in [-0.2, -0.15) is 12.6 Å². The maximum absolute atomic E-state index is 13.0. The molecule has 0 saturated heterocycles. The van der Waals surface area contributed by atoms with Gasteiger partial charge in [0, 0.05) is 10.9 Å². The summed E-state index contributed by atoms with van der Waals surface area (Å²) in [6, 6.07) is 3.81. The van der Waals surface area contributed by atoms with Gasteiger partial charge in [-0.05, 0) is 30.4 Å². The third-order valence-electron chi connectivity index (χ3n) is 2.09. The molecule has 84 valence electrons. The van der Waals surface area contributed by atoms with E-state index >= 15 is 0 Å². The molecule has 0 radical (unpaired) electrons. The summed E-state index contributed by atoms with van der Waals surface area (Å²) in [7, 11) is 0. The molecule has 1 heterocycles. The maximum atomic E-state index is 13.0. The first-order valence-corrected chi connectivity index (χ1v) is 6.22. The molecule has 5 heteroatoms. The Bertz CT molecular complexity index is 496. The Kier molecular flexibility index (Phi) is 3.56. The fraction of sp³-hybridized carbons (Fsp3) is 0.182. The van der Waals surface area contributed by atoms with Gasteiger partial charge in [-0.1, -0.05) is 0 Å². The number of hydrogen-bond donors (Lipinski definition) is 1. The first kappa shape index (κ1) is 11.5. The molecule has 0 saturated carbocycles. The quantitative estimate of drug-likeness (QED) is 0.830. The predicted molar refractivity (Wildman–Crippen MR) is 65.0 cm³/mol. The van der Waals surface area contributed by atoms with Crippen LogP contribution in [0.5, 0.6) is 0 Å². The zero-order chi connectivity index (χ0) is 11.5. The van der Waals surface area contributed by atoms with E-state index in [4.69, 9.17) is 0 Å². The second kappa shape index (κ2) is 4.93. The van der Waals surface area contributed by atoms with Crippen LogP contribution in [0.2, 0.25) is 0 Å². The second-order valence-corrected chi connectivity index (χ2v) is 4.55. The van der Waals surface area contributed by atoms with Crippen LogP contribution < -0.4 is 0 Å². The fourth-order valence-electron chi connectivity index (χ4n) is 1.30. The highest BCUT2D eigenvalue weighted by Gasteiger charge is 2.08. The lowest BCUT2D eigenvalue weighted by molar-refractivity contribution is 0.509. The number of nitrogens with zero attached hydrogens (tertiary/aromatic N) is 1. The number of rotatable bonds is 3. The highest BCUT2D eigenvalue weighted by Crippen LogP contribution is 2.25. The number of halogens is 2. The molecule has 0 aliphatic heterocycles. The molecule has 0 aliphatic rings. The van der Waals surface area contributed by atoms with Crippen molar-refractivity contribution in [1.29, 1.82) is 0 Å². The first-order valence-electron chi connectivity index (χ1n) is 4.71. The number of aryl methyl sites for hydroxylation is 1. The third-order valence-corrected chi connectivity index (χ3v) is 3.25. The van der Waals surface area contributed by atoms with Gasteiger partial charge in [-0.25, -0.2) is 13.8 Å². The van der Waals surface area contributed by atoms with E-state index in [2.05, 4.69) is 17.6 Å². The zero-order valence-electron chi connectivity index (χ0n) is 8.28. The predicted octanol–water partition coefficient (Wildman–Crippen LogP) is 3.56. The number of aromatic nitrogens is 1. The number of thiol groups is 1. The van der Waals surface area contributed by atoms with Crippen molar-refractivity contribution in [2.45, 2.75) is 6.42 Å². The minimum atomic E-state index is -0.844. The van der Waals surface area contributed by atoms with E-state index in [0.29, 0.717) is 10.6 Å². The molecule has 0 aliphatic carbocycles. The standard InChI is InChI=1S/C11H9F2NS2/c12-9-2-1-7(5-10(9)13)11-14-8(3-4-15)6-16-11/h1-2,5-6,15H,3-4H2. The van der Waals surface area contributed by atoms with Gasteiger partial charge < -0.3 is 0 Å². The second-order valence-electron chi connectivity index (χ2n) is 3.25. The average molecular weight is 257 g/mol. The van der Waals surface area contributed by atoms with Crippen molar-refractivity contribution >= 4 is 24.0 Å². The van der Waals surface area contributed by atoms with E-state index in [1.165, 1.54) is 23.5 Å². The van der Waals surface area contributed by atoms with E-state index in [-0.39, 0.29) is 0 Å². The van der Waals surface area contributed by atoms with Crippen molar-refractivity contribution in [2.75, 3.05) is 5.75 Å². The molecule has 0 atom stereocenters. The van der Waals surface area contributed by atoms with Gasteiger partial charge in [-0.15, -0.1) is 11.3 Å². The van der Waals surface area contributed by atoms with Crippen LogP contribution in [0.25, 0.3) is 10.6 Å². The maximum Gasteiger partial charge on any atom is 0.159 e. The lowest BCUT2D eigenvalue weighted by Crippen LogP contribution is -1.87. The summed E-state index contributed by atoms with van der Waals surface area (Å²) in [5.74, 6) is -0.958. The molecule has 2 rings (SSSR count). The summed E-state index contributed by atoms with van der Waals surface area (Å²) in [6.45, 7) is 0. The molecule has 1 aromatic heterocycles. The molecule has 1 aromatic carbocycles. The molecular weight excluding hydrogens is 248 g/mol.